The minimum Gasteiger partial charge on any atom is -0.360 e. The Morgan fingerprint density at radius 2 is 2.14 bits per heavy atom. The lowest BCUT2D eigenvalue weighted by atomic mass is 10.2. The number of halogens is 1. The molecule has 112 valence electrons. The largest absolute Gasteiger partial charge is 0.360 e. The molecule has 21 heavy (non-hydrogen) atoms. The number of thiophene rings is 1. The van der Waals surface area contributed by atoms with Crippen LogP contribution in [0.25, 0.3) is 0 Å². The zero-order chi connectivity index (χ0) is 14.8. The summed E-state index contributed by atoms with van der Waals surface area (Å²) in [6.45, 7) is 5.89. The standard InChI is InChI=1S/C14H16BrN3O2S/c1-10-6-12(20-16-10)8-17-2-4-18(5-3-17)14(19)11-7-13(15)21-9-11/h6-7,9H,2-5,8H2,1H3. The van der Waals surface area contributed by atoms with E-state index in [4.69, 9.17) is 4.52 Å². The van der Waals surface area contributed by atoms with E-state index in [0.717, 1.165) is 53.5 Å². The minimum atomic E-state index is 0.118. The minimum absolute atomic E-state index is 0.118. The molecule has 1 amide bonds. The van der Waals surface area contributed by atoms with Gasteiger partial charge in [0.05, 0.1) is 21.6 Å². The van der Waals surface area contributed by atoms with E-state index in [-0.39, 0.29) is 5.91 Å². The van der Waals surface area contributed by atoms with Crippen molar-refractivity contribution in [3.8, 4) is 0 Å². The van der Waals surface area contributed by atoms with Crippen molar-refractivity contribution in [1.82, 2.24) is 15.0 Å². The molecule has 1 aliphatic rings. The molecule has 7 heteroatoms. The Bertz CT molecular complexity index is 632. The summed E-state index contributed by atoms with van der Waals surface area (Å²) in [6, 6.07) is 3.84. The molecular weight excluding hydrogens is 354 g/mol. The highest BCUT2D eigenvalue weighted by molar-refractivity contribution is 9.11. The number of hydrogen-bond donors (Lipinski definition) is 0. The molecule has 1 fully saturated rings. The summed E-state index contributed by atoms with van der Waals surface area (Å²) >= 11 is 4.94. The zero-order valence-electron chi connectivity index (χ0n) is 11.7. The van der Waals surface area contributed by atoms with E-state index in [1.807, 2.05) is 29.3 Å². The molecule has 0 N–H and O–H groups in total. The number of nitrogens with zero attached hydrogens (tertiary/aromatic N) is 3. The molecule has 0 unspecified atom stereocenters. The van der Waals surface area contributed by atoms with Gasteiger partial charge >= 0.3 is 0 Å². The third kappa shape index (κ3) is 3.53. The summed E-state index contributed by atoms with van der Waals surface area (Å²) < 4.78 is 6.23. The molecule has 0 bridgehead atoms. The van der Waals surface area contributed by atoms with E-state index in [1.54, 1.807) is 11.3 Å². The monoisotopic (exact) mass is 369 g/mol. The van der Waals surface area contributed by atoms with Gasteiger partial charge < -0.3 is 9.42 Å². The number of aromatic nitrogens is 1. The topological polar surface area (TPSA) is 49.6 Å². The van der Waals surface area contributed by atoms with Crippen molar-refractivity contribution in [2.24, 2.45) is 0 Å². The van der Waals surface area contributed by atoms with Crippen molar-refractivity contribution < 1.29 is 9.32 Å². The number of piperazine rings is 1. The third-order valence-electron chi connectivity index (χ3n) is 3.53. The van der Waals surface area contributed by atoms with Crippen LogP contribution in [0.1, 0.15) is 21.8 Å². The predicted octanol–water partition coefficient (Wildman–Crippen LogP) is 2.77. The average Bonchev–Trinajstić information content (AvgIpc) is 3.08. The molecule has 3 heterocycles. The highest BCUT2D eigenvalue weighted by Crippen LogP contribution is 2.22. The Labute approximate surface area is 135 Å². The molecular formula is C14H16BrN3O2S. The van der Waals surface area contributed by atoms with Crippen molar-refractivity contribution in [2.75, 3.05) is 26.2 Å². The molecule has 3 rings (SSSR count). The number of hydrogen-bond acceptors (Lipinski definition) is 5. The quantitative estimate of drug-likeness (QED) is 0.834. The van der Waals surface area contributed by atoms with E-state index >= 15 is 0 Å². The van der Waals surface area contributed by atoms with E-state index in [0.29, 0.717) is 0 Å². The Morgan fingerprint density at radius 3 is 2.71 bits per heavy atom. The Balaban J connectivity index is 1.54. The van der Waals surface area contributed by atoms with Gasteiger partial charge in [-0.2, -0.15) is 0 Å². The number of carbonyl (C=O) groups is 1. The van der Waals surface area contributed by atoms with E-state index < -0.39 is 0 Å². The first-order valence-corrected chi connectivity index (χ1v) is 8.47. The molecule has 0 saturated carbocycles. The molecule has 0 aromatic carbocycles. The van der Waals surface area contributed by atoms with Gasteiger partial charge in [-0.05, 0) is 28.9 Å². The van der Waals surface area contributed by atoms with Crippen LogP contribution in [-0.4, -0.2) is 47.0 Å². The van der Waals surface area contributed by atoms with Gasteiger partial charge in [0.2, 0.25) is 0 Å². The summed E-state index contributed by atoms with van der Waals surface area (Å²) in [7, 11) is 0. The first-order valence-electron chi connectivity index (χ1n) is 6.79. The van der Waals surface area contributed by atoms with Crippen LogP contribution in [0.5, 0.6) is 0 Å². The molecule has 0 spiro atoms. The summed E-state index contributed by atoms with van der Waals surface area (Å²) in [5.41, 5.74) is 1.67. The Hall–Kier alpha value is -1.18. The summed E-state index contributed by atoms with van der Waals surface area (Å²) in [4.78, 5) is 16.5. The molecule has 0 atom stereocenters. The lowest BCUT2D eigenvalue weighted by Gasteiger charge is -2.34. The van der Waals surface area contributed by atoms with Crippen molar-refractivity contribution in [1.29, 1.82) is 0 Å². The molecule has 2 aromatic rings. The van der Waals surface area contributed by atoms with Crippen molar-refractivity contribution in [3.05, 3.63) is 38.3 Å². The van der Waals surface area contributed by atoms with Crippen LogP contribution in [0, 0.1) is 6.92 Å². The third-order valence-corrected chi connectivity index (χ3v) is 5.03. The van der Waals surface area contributed by atoms with Gasteiger partial charge in [-0.25, -0.2) is 0 Å². The second-order valence-corrected chi connectivity index (χ2v) is 7.43. The Morgan fingerprint density at radius 1 is 1.38 bits per heavy atom. The summed E-state index contributed by atoms with van der Waals surface area (Å²) in [5.74, 6) is 1.00. The van der Waals surface area contributed by atoms with Crippen LogP contribution < -0.4 is 0 Å². The maximum atomic E-state index is 12.3. The number of rotatable bonds is 3. The molecule has 2 aromatic heterocycles. The van der Waals surface area contributed by atoms with Crippen LogP contribution in [0.4, 0.5) is 0 Å². The van der Waals surface area contributed by atoms with Gasteiger partial charge in [0.25, 0.3) is 5.91 Å². The van der Waals surface area contributed by atoms with E-state index in [1.165, 1.54) is 0 Å². The number of carbonyl (C=O) groups excluding carboxylic acids is 1. The SMILES string of the molecule is Cc1cc(CN2CCN(C(=O)c3csc(Br)c3)CC2)on1. The highest BCUT2D eigenvalue weighted by atomic mass is 79.9. The highest BCUT2D eigenvalue weighted by Gasteiger charge is 2.23. The van der Waals surface area contributed by atoms with Crippen molar-refractivity contribution in [2.45, 2.75) is 13.5 Å². The molecule has 1 saturated heterocycles. The van der Waals surface area contributed by atoms with Gasteiger partial charge in [-0.1, -0.05) is 5.16 Å². The normalized spacial score (nSPS) is 16.4. The lowest BCUT2D eigenvalue weighted by Crippen LogP contribution is -2.48. The van der Waals surface area contributed by atoms with Gasteiger partial charge in [0.15, 0.2) is 5.76 Å². The summed E-state index contributed by atoms with van der Waals surface area (Å²) in [5, 5.41) is 5.80. The fourth-order valence-electron chi connectivity index (χ4n) is 2.43. The molecule has 1 aliphatic heterocycles. The zero-order valence-corrected chi connectivity index (χ0v) is 14.1. The lowest BCUT2D eigenvalue weighted by molar-refractivity contribution is 0.0618. The van der Waals surface area contributed by atoms with Crippen molar-refractivity contribution in [3.63, 3.8) is 0 Å². The maximum absolute atomic E-state index is 12.3. The van der Waals surface area contributed by atoms with Crippen LogP contribution in [-0.2, 0) is 6.54 Å². The Kier molecular flexibility index (Phi) is 4.42. The van der Waals surface area contributed by atoms with Crippen molar-refractivity contribution >= 4 is 33.2 Å². The van der Waals surface area contributed by atoms with Crippen LogP contribution in [0.15, 0.2) is 25.8 Å². The molecule has 0 radical (unpaired) electrons. The fraction of sp³-hybridized carbons (Fsp3) is 0.429. The fourth-order valence-corrected chi connectivity index (χ4v) is 3.56. The van der Waals surface area contributed by atoms with Gasteiger partial charge in [0.1, 0.15) is 0 Å². The van der Waals surface area contributed by atoms with Gasteiger partial charge in [-0.15, -0.1) is 11.3 Å². The maximum Gasteiger partial charge on any atom is 0.254 e. The second-order valence-electron chi connectivity index (χ2n) is 5.14. The first kappa shape index (κ1) is 14.7. The second kappa shape index (κ2) is 6.29. The van der Waals surface area contributed by atoms with Gasteiger partial charge in [0, 0.05) is 37.6 Å². The molecule has 0 aliphatic carbocycles. The number of aryl methyl sites for hydroxylation is 1. The predicted molar refractivity (Wildman–Crippen MR) is 84.4 cm³/mol. The summed E-state index contributed by atoms with van der Waals surface area (Å²) in [6.07, 6.45) is 0. The van der Waals surface area contributed by atoms with E-state index in [9.17, 15) is 4.79 Å². The molecule has 5 nitrogen and oxygen atoms in total. The van der Waals surface area contributed by atoms with Gasteiger partial charge in [-0.3, -0.25) is 9.69 Å². The average molecular weight is 370 g/mol. The first-order chi connectivity index (χ1) is 10.1. The van der Waals surface area contributed by atoms with Crippen LogP contribution in [0.2, 0.25) is 0 Å². The van der Waals surface area contributed by atoms with Crippen LogP contribution in [0.3, 0.4) is 0 Å². The van der Waals surface area contributed by atoms with E-state index in [2.05, 4.69) is 26.0 Å². The number of amides is 1. The smallest absolute Gasteiger partial charge is 0.254 e. The van der Waals surface area contributed by atoms with Crippen LogP contribution >= 0.6 is 27.3 Å².